The van der Waals surface area contributed by atoms with Crippen LogP contribution >= 0.6 is 8.03 Å². The van der Waals surface area contributed by atoms with Gasteiger partial charge in [0.1, 0.15) is 12.1 Å². The molecule has 1 fully saturated rings. The number of amides is 1. The summed E-state index contributed by atoms with van der Waals surface area (Å²) in [7, 11) is -2.37. The second kappa shape index (κ2) is 13.1. The lowest BCUT2D eigenvalue weighted by atomic mass is 10.0. The van der Waals surface area contributed by atoms with Crippen molar-refractivity contribution in [3.63, 3.8) is 0 Å². The molecule has 0 aromatic heterocycles. The van der Waals surface area contributed by atoms with Gasteiger partial charge in [0.05, 0.1) is 0 Å². The van der Waals surface area contributed by atoms with E-state index in [0.29, 0.717) is 31.4 Å². The molecule has 1 aliphatic rings. The predicted octanol–water partition coefficient (Wildman–Crippen LogP) is 3.39. The van der Waals surface area contributed by atoms with Gasteiger partial charge in [-0.05, 0) is 61.4 Å². The molecule has 0 spiro atoms. The number of rotatable bonds is 11. The maximum Gasteiger partial charge on any atom is 0.520 e. The van der Waals surface area contributed by atoms with E-state index in [0.717, 1.165) is 12.0 Å². The minimum absolute atomic E-state index is 0.208. The van der Waals surface area contributed by atoms with Crippen molar-refractivity contribution in [3.8, 4) is 0 Å². The van der Waals surface area contributed by atoms with E-state index in [-0.39, 0.29) is 11.9 Å². The predicted molar refractivity (Wildman–Crippen MR) is 128 cm³/mol. The molecule has 9 heteroatoms. The molecule has 1 amide bonds. The third-order valence-corrected chi connectivity index (χ3v) is 6.54. The van der Waals surface area contributed by atoms with Crippen molar-refractivity contribution in [2.45, 2.75) is 50.8 Å². The minimum Gasteiger partial charge on any atom is -0.389 e. The van der Waals surface area contributed by atoms with Crippen LogP contribution < -0.4 is 10.6 Å². The lowest BCUT2D eigenvalue weighted by molar-refractivity contribution is -0.159. The first kappa shape index (κ1) is 25.7. The van der Waals surface area contributed by atoms with Crippen molar-refractivity contribution >= 4 is 25.9 Å². The van der Waals surface area contributed by atoms with Crippen molar-refractivity contribution in [1.29, 1.82) is 0 Å². The zero-order valence-corrected chi connectivity index (χ0v) is 20.0. The Kier molecular flexibility index (Phi) is 9.89. The Bertz CT molecular complexity index is 979. The van der Waals surface area contributed by atoms with Gasteiger partial charge in [-0.2, -0.15) is 0 Å². The number of ether oxygens (including phenoxy) is 1. The topological polar surface area (TPSA) is 111 Å². The van der Waals surface area contributed by atoms with Crippen LogP contribution in [0.3, 0.4) is 0 Å². The van der Waals surface area contributed by atoms with Gasteiger partial charge in [0, 0.05) is 11.6 Å². The van der Waals surface area contributed by atoms with E-state index in [1.54, 1.807) is 31.2 Å². The quantitative estimate of drug-likeness (QED) is 0.285. The van der Waals surface area contributed by atoms with Gasteiger partial charge in [0.25, 0.3) is 12.1 Å². The first-order valence-electron chi connectivity index (χ1n) is 11.4. The Morgan fingerprint density at radius 2 is 1.76 bits per heavy atom. The molecular weight excluding hydrogens is 455 g/mol. The Hall–Kier alpha value is -2.93. The van der Waals surface area contributed by atoms with Crippen LogP contribution in [0.1, 0.15) is 42.1 Å². The van der Waals surface area contributed by atoms with Crippen molar-refractivity contribution in [2.75, 3.05) is 12.7 Å². The smallest absolute Gasteiger partial charge is 0.389 e. The molecule has 0 radical (unpaired) electrons. The highest BCUT2D eigenvalue weighted by Gasteiger charge is 2.32. The monoisotopic (exact) mass is 485 g/mol. The van der Waals surface area contributed by atoms with Crippen LogP contribution in [0.4, 0.5) is 0 Å². The second-order valence-electron chi connectivity index (χ2n) is 8.31. The molecule has 8 nitrogen and oxygen atoms in total. The fourth-order valence-corrected chi connectivity index (χ4v) is 4.68. The molecule has 1 heterocycles. The molecule has 0 saturated carbocycles. The van der Waals surface area contributed by atoms with E-state index < -0.39 is 38.3 Å². The second-order valence-corrected chi connectivity index (χ2v) is 9.50. The number of hydrogen-bond donors (Lipinski definition) is 2. The summed E-state index contributed by atoms with van der Waals surface area (Å²) in [5.41, 5.74) is 1.59. The number of carbonyl (C=O) groups excluding carboxylic acids is 3. The van der Waals surface area contributed by atoms with Crippen LogP contribution in [0.15, 0.2) is 60.7 Å². The number of carbonyl (C=O) groups is 3. The standard InChI is InChI=1S/C25H29N2O6P/c1-18(33-34(31)17-23(28)32-25(30)22-13-8-14-26-22)15-21(16-19-9-4-2-5-10-19)27-24(29)20-11-6-3-7-12-20/h2-7,9-12,18,21-22,26H,8,13-17H2,1H3/p+1/t18?,21?,22-/m0/s1. The van der Waals surface area contributed by atoms with Crippen LogP contribution in [0, 0.1) is 0 Å². The van der Waals surface area contributed by atoms with Crippen molar-refractivity contribution < 1.29 is 28.2 Å². The zero-order valence-electron chi connectivity index (χ0n) is 19.1. The zero-order chi connectivity index (χ0) is 24.3. The van der Waals surface area contributed by atoms with Gasteiger partial charge in [-0.25, -0.2) is 9.59 Å². The van der Waals surface area contributed by atoms with Gasteiger partial charge >= 0.3 is 20.0 Å². The van der Waals surface area contributed by atoms with E-state index in [1.807, 2.05) is 36.4 Å². The summed E-state index contributed by atoms with van der Waals surface area (Å²) in [6.07, 6.45) is 1.39. The lowest BCUT2D eigenvalue weighted by Gasteiger charge is -2.20. The van der Waals surface area contributed by atoms with Gasteiger partial charge < -0.3 is 15.4 Å². The van der Waals surface area contributed by atoms with Crippen LogP contribution in [0.2, 0.25) is 0 Å². The molecule has 1 aliphatic heterocycles. The molecule has 3 rings (SSSR count). The van der Waals surface area contributed by atoms with Gasteiger partial charge in [0.15, 0.2) is 0 Å². The Labute approximate surface area is 200 Å². The lowest BCUT2D eigenvalue weighted by Crippen LogP contribution is -2.38. The summed E-state index contributed by atoms with van der Waals surface area (Å²) in [5, 5.41) is 5.98. The molecule has 0 bridgehead atoms. The number of benzene rings is 2. The minimum atomic E-state index is -2.37. The van der Waals surface area contributed by atoms with Crippen molar-refractivity contribution in [3.05, 3.63) is 71.8 Å². The van der Waals surface area contributed by atoms with E-state index in [1.165, 1.54) is 0 Å². The van der Waals surface area contributed by atoms with Gasteiger partial charge in [-0.15, -0.1) is 4.52 Å². The molecule has 3 unspecified atom stereocenters. The Morgan fingerprint density at radius 1 is 1.09 bits per heavy atom. The van der Waals surface area contributed by atoms with Gasteiger partial charge in [0.2, 0.25) is 0 Å². The van der Waals surface area contributed by atoms with Crippen LogP contribution in [-0.4, -0.2) is 48.7 Å². The molecule has 2 N–H and O–H groups in total. The first-order chi connectivity index (χ1) is 16.4. The average Bonchev–Trinajstić information content (AvgIpc) is 3.35. The summed E-state index contributed by atoms with van der Waals surface area (Å²) in [4.78, 5) is 36.6. The summed E-state index contributed by atoms with van der Waals surface area (Å²) in [6.45, 7) is 2.44. The molecule has 2 aromatic rings. The highest BCUT2D eigenvalue weighted by molar-refractivity contribution is 7.40. The summed E-state index contributed by atoms with van der Waals surface area (Å²) in [5.74, 6) is -1.73. The molecule has 180 valence electrons. The largest absolute Gasteiger partial charge is 0.520 e. The number of nitrogens with one attached hydrogen (secondary N) is 2. The normalized spacial score (nSPS) is 17.4. The summed E-state index contributed by atoms with van der Waals surface area (Å²) in [6, 6.07) is 17.8. The molecule has 4 atom stereocenters. The van der Waals surface area contributed by atoms with Crippen LogP contribution in [0.25, 0.3) is 0 Å². The van der Waals surface area contributed by atoms with E-state index in [2.05, 4.69) is 10.6 Å². The first-order valence-corrected chi connectivity index (χ1v) is 12.8. The van der Waals surface area contributed by atoms with E-state index in [9.17, 15) is 18.9 Å². The van der Waals surface area contributed by atoms with E-state index in [4.69, 9.17) is 9.26 Å². The maximum atomic E-state index is 12.7. The third-order valence-electron chi connectivity index (χ3n) is 5.43. The molecule has 34 heavy (non-hydrogen) atoms. The Balaban J connectivity index is 1.53. The van der Waals surface area contributed by atoms with Crippen LogP contribution in [-0.2, 0) is 29.8 Å². The highest BCUT2D eigenvalue weighted by Crippen LogP contribution is 2.27. The molecular formula is C25H30N2O6P+. The van der Waals surface area contributed by atoms with Gasteiger partial charge in [-0.1, -0.05) is 48.5 Å². The molecule has 0 aliphatic carbocycles. The van der Waals surface area contributed by atoms with Crippen molar-refractivity contribution in [2.24, 2.45) is 0 Å². The SMILES string of the molecule is CC(CC(Cc1ccccc1)NC(=O)c1ccccc1)O[P+](=O)CC(=O)OC(=O)[C@@H]1CCCN1. The fraction of sp³-hybridized carbons (Fsp3) is 0.400. The van der Waals surface area contributed by atoms with E-state index >= 15 is 0 Å². The maximum absolute atomic E-state index is 12.7. The molecule has 1 saturated heterocycles. The average molecular weight is 485 g/mol. The third kappa shape index (κ3) is 8.45. The number of hydrogen-bond acceptors (Lipinski definition) is 7. The van der Waals surface area contributed by atoms with Crippen molar-refractivity contribution in [1.82, 2.24) is 10.6 Å². The van der Waals surface area contributed by atoms with Gasteiger partial charge in [-0.3, -0.25) is 4.79 Å². The molecule has 2 aromatic carbocycles. The summed E-state index contributed by atoms with van der Waals surface area (Å²) < 4.78 is 22.7. The van der Waals surface area contributed by atoms with Crippen LogP contribution in [0.5, 0.6) is 0 Å². The Morgan fingerprint density at radius 3 is 2.41 bits per heavy atom. The summed E-state index contributed by atoms with van der Waals surface area (Å²) >= 11 is 0. The fourth-order valence-electron chi connectivity index (χ4n) is 3.84. The number of esters is 2. The highest BCUT2D eigenvalue weighted by atomic mass is 31.1.